The minimum Gasteiger partial charge on any atom is -0.381 e. The van der Waals surface area contributed by atoms with E-state index in [1.807, 2.05) is 0 Å². The molecule has 17 heavy (non-hydrogen) atoms. The monoisotopic (exact) mass is 320 g/mol. The Balaban J connectivity index is 2.20. The molecule has 1 fully saturated rings. The summed E-state index contributed by atoms with van der Waals surface area (Å²) in [5, 5.41) is 1.55. The van der Waals surface area contributed by atoms with Gasteiger partial charge in [0.2, 0.25) is 0 Å². The second kappa shape index (κ2) is 5.68. The highest BCUT2D eigenvalue weighted by Crippen LogP contribution is 2.37. The van der Waals surface area contributed by atoms with E-state index in [0.717, 1.165) is 43.4 Å². The molecule has 1 nitrogen and oxygen atoms in total. The van der Waals surface area contributed by atoms with E-state index in [4.69, 9.17) is 16.3 Å². The summed E-state index contributed by atoms with van der Waals surface area (Å²) in [6.07, 6.45) is 2.79. The topological polar surface area (TPSA) is 9.23 Å². The summed E-state index contributed by atoms with van der Waals surface area (Å²) in [4.78, 5) is 0. The van der Waals surface area contributed by atoms with E-state index in [9.17, 15) is 4.39 Å². The first kappa shape index (κ1) is 13.3. The fourth-order valence-electron chi connectivity index (χ4n) is 2.24. The van der Waals surface area contributed by atoms with E-state index in [2.05, 4.69) is 15.9 Å². The molecule has 0 atom stereocenters. The minimum atomic E-state index is -0.221. The average Bonchev–Trinajstić information content (AvgIpc) is 2.35. The maximum absolute atomic E-state index is 13.2. The highest BCUT2D eigenvalue weighted by molar-refractivity contribution is 9.09. The van der Waals surface area contributed by atoms with Crippen molar-refractivity contribution in [2.75, 3.05) is 18.5 Å². The van der Waals surface area contributed by atoms with Crippen LogP contribution in [0.25, 0.3) is 0 Å². The van der Waals surface area contributed by atoms with E-state index in [1.165, 1.54) is 6.07 Å². The van der Waals surface area contributed by atoms with E-state index < -0.39 is 0 Å². The number of alkyl halides is 1. The second-order valence-corrected chi connectivity index (χ2v) is 5.63. The van der Waals surface area contributed by atoms with Crippen molar-refractivity contribution in [3.8, 4) is 0 Å². The molecule has 0 unspecified atom stereocenters. The first-order valence-corrected chi connectivity index (χ1v) is 7.23. The van der Waals surface area contributed by atoms with Crippen LogP contribution in [0.3, 0.4) is 0 Å². The van der Waals surface area contributed by atoms with Crippen molar-refractivity contribution in [1.82, 2.24) is 0 Å². The van der Waals surface area contributed by atoms with Gasteiger partial charge in [-0.2, -0.15) is 0 Å². The van der Waals surface area contributed by atoms with E-state index in [1.54, 1.807) is 12.1 Å². The van der Waals surface area contributed by atoms with E-state index in [-0.39, 0.29) is 11.2 Å². The van der Waals surface area contributed by atoms with Crippen LogP contribution in [0.4, 0.5) is 4.39 Å². The van der Waals surface area contributed by atoms with Crippen LogP contribution in [0.15, 0.2) is 18.2 Å². The molecular formula is C13H15BrClFO. The molecule has 0 saturated carbocycles. The zero-order valence-corrected chi connectivity index (χ0v) is 11.9. The lowest BCUT2D eigenvalue weighted by Gasteiger charge is -2.36. The van der Waals surface area contributed by atoms with Crippen molar-refractivity contribution in [3.05, 3.63) is 34.6 Å². The Morgan fingerprint density at radius 3 is 2.71 bits per heavy atom. The third kappa shape index (κ3) is 3.21. The molecule has 1 aromatic carbocycles. The molecule has 1 heterocycles. The van der Waals surface area contributed by atoms with Gasteiger partial charge >= 0.3 is 0 Å². The maximum Gasteiger partial charge on any atom is 0.123 e. The van der Waals surface area contributed by atoms with Gasteiger partial charge < -0.3 is 4.74 Å². The lowest BCUT2D eigenvalue weighted by atomic mass is 9.77. The number of hydrogen-bond acceptors (Lipinski definition) is 1. The molecular weight excluding hydrogens is 306 g/mol. The zero-order chi connectivity index (χ0) is 12.3. The third-order valence-electron chi connectivity index (χ3n) is 3.41. The number of ether oxygens (including phenoxy) is 1. The quantitative estimate of drug-likeness (QED) is 0.758. The minimum absolute atomic E-state index is 0.148. The van der Waals surface area contributed by atoms with Crippen molar-refractivity contribution in [2.24, 2.45) is 5.41 Å². The molecule has 4 heteroatoms. The lowest BCUT2D eigenvalue weighted by Crippen LogP contribution is -2.33. The standard InChI is InChI=1S/C13H15BrClFO/c14-9-13(3-5-17-6-4-13)8-10-7-11(16)1-2-12(10)15/h1-2,7H,3-6,8-9H2. The molecule has 1 aromatic rings. The first-order chi connectivity index (χ1) is 8.15. The maximum atomic E-state index is 13.2. The SMILES string of the molecule is Fc1ccc(Cl)c(CC2(CBr)CCOCC2)c1. The highest BCUT2D eigenvalue weighted by Gasteiger charge is 2.32. The van der Waals surface area contributed by atoms with Gasteiger partial charge in [-0.1, -0.05) is 27.5 Å². The van der Waals surface area contributed by atoms with E-state index in [0.29, 0.717) is 5.02 Å². The van der Waals surface area contributed by atoms with Crippen molar-refractivity contribution >= 4 is 27.5 Å². The summed E-state index contributed by atoms with van der Waals surface area (Å²) in [5.74, 6) is -0.221. The van der Waals surface area contributed by atoms with Gasteiger partial charge in [0.15, 0.2) is 0 Å². The Labute approximate surface area is 114 Å². The summed E-state index contributed by atoms with van der Waals surface area (Å²) < 4.78 is 18.6. The summed E-state index contributed by atoms with van der Waals surface area (Å²) >= 11 is 9.70. The van der Waals surface area contributed by atoms with Gasteiger partial charge in [-0.25, -0.2) is 4.39 Å². The Bertz CT molecular complexity index is 391. The smallest absolute Gasteiger partial charge is 0.123 e. The van der Waals surface area contributed by atoms with Crippen LogP contribution in [0.2, 0.25) is 5.02 Å². The number of rotatable bonds is 3. The van der Waals surface area contributed by atoms with E-state index >= 15 is 0 Å². The van der Waals surface area contributed by atoms with Gasteiger partial charge in [0.1, 0.15) is 5.82 Å². The normalized spacial score (nSPS) is 19.2. The number of hydrogen-bond donors (Lipinski definition) is 0. The van der Waals surface area contributed by atoms with Crippen LogP contribution >= 0.6 is 27.5 Å². The van der Waals surface area contributed by atoms with Crippen LogP contribution in [0.5, 0.6) is 0 Å². The number of benzene rings is 1. The third-order valence-corrected chi connectivity index (χ3v) is 4.97. The molecule has 94 valence electrons. The van der Waals surface area contributed by atoms with Gasteiger partial charge in [-0.05, 0) is 48.4 Å². The molecule has 1 aliphatic rings. The van der Waals surface area contributed by atoms with Crippen LogP contribution in [-0.2, 0) is 11.2 Å². The second-order valence-electron chi connectivity index (χ2n) is 4.66. The Morgan fingerprint density at radius 2 is 2.06 bits per heavy atom. The molecule has 0 aliphatic carbocycles. The first-order valence-electron chi connectivity index (χ1n) is 5.73. The van der Waals surface area contributed by atoms with Gasteiger partial charge in [0, 0.05) is 23.6 Å². The lowest BCUT2D eigenvalue weighted by molar-refractivity contribution is 0.0269. The molecule has 0 aromatic heterocycles. The predicted molar refractivity (Wildman–Crippen MR) is 71.4 cm³/mol. The predicted octanol–water partition coefficient (Wildman–Crippen LogP) is 4.21. The van der Waals surface area contributed by atoms with Gasteiger partial charge in [-0.3, -0.25) is 0 Å². The zero-order valence-electron chi connectivity index (χ0n) is 9.52. The largest absolute Gasteiger partial charge is 0.381 e. The molecule has 2 rings (SSSR count). The van der Waals surface area contributed by atoms with Crippen molar-refractivity contribution in [1.29, 1.82) is 0 Å². The summed E-state index contributed by atoms with van der Waals surface area (Å²) in [7, 11) is 0. The van der Waals surface area contributed by atoms with Gasteiger partial charge in [-0.15, -0.1) is 0 Å². The van der Waals surface area contributed by atoms with Crippen molar-refractivity contribution in [2.45, 2.75) is 19.3 Å². The molecule has 0 radical (unpaired) electrons. The Morgan fingerprint density at radius 1 is 1.35 bits per heavy atom. The Kier molecular flexibility index (Phi) is 4.45. The van der Waals surface area contributed by atoms with Crippen molar-refractivity contribution < 1.29 is 9.13 Å². The number of halogens is 3. The summed E-state index contributed by atoms with van der Waals surface area (Å²) in [6, 6.07) is 4.58. The summed E-state index contributed by atoms with van der Waals surface area (Å²) in [5.41, 5.74) is 1.04. The van der Waals surface area contributed by atoms with Crippen LogP contribution in [0.1, 0.15) is 18.4 Å². The summed E-state index contributed by atoms with van der Waals surface area (Å²) in [6.45, 7) is 1.55. The molecule has 1 aliphatic heterocycles. The molecule has 1 saturated heterocycles. The Hall–Kier alpha value is -0.120. The highest BCUT2D eigenvalue weighted by atomic mass is 79.9. The van der Waals surface area contributed by atoms with Crippen LogP contribution in [-0.4, -0.2) is 18.5 Å². The molecule has 0 bridgehead atoms. The van der Waals surface area contributed by atoms with Crippen LogP contribution in [0, 0.1) is 11.2 Å². The average molecular weight is 322 g/mol. The van der Waals surface area contributed by atoms with Gasteiger partial charge in [0.25, 0.3) is 0 Å². The van der Waals surface area contributed by atoms with Gasteiger partial charge in [0.05, 0.1) is 0 Å². The molecule has 0 N–H and O–H groups in total. The fraction of sp³-hybridized carbons (Fsp3) is 0.538. The molecule has 0 spiro atoms. The molecule has 0 amide bonds. The van der Waals surface area contributed by atoms with Crippen LogP contribution < -0.4 is 0 Å². The van der Waals surface area contributed by atoms with Crippen molar-refractivity contribution in [3.63, 3.8) is 0 Å². The fourth-order valence-corrected chi connectivity index (χ4v) is 3.19.